The molecule has 0 saturated carbocycles. The largest absolute Gasteiger partial charge is 0.497 e. The number of anilines is 2. The summed E-state index contributed by atoms with van der Waals surface area (Å²) >= 11 is 0. The Morgan fingerprint density at radius 3 is 2.61 bits per heavy atom. The third kappa shape index (κ3) is 4.15. The Kier molecular flexibility index (Phi) is 6.09. The molecule has 3 amide bonds. The lowest BCUT2D eigenvalue weighted by atomic mass is 10.1. The number of rotatable bonds is 7. The van der Waals surface area contributed by atoms with Crippen molar-refractivity contribution < 1.29 is 14.3 Å². The minimum atomic E-state index is -0.126. The summed E-state index contributed by atoms with van der Waals surface area (Å²) in [5, 5.41) is 3.70. The van der Waals surface area contributed by atoms with Gasteiger partial charge in [0.15, 0.2) is 5.82 Å². The van der Waals surface area contributed by atoms with Crippen LogP contribution < -0.4 is 20.7 Å². The minimum Gasteiger partial charge on any atom is -0.497 e. The minimum absolute atomic E-state index is 0.0231. The van der Waals surface area contributed by atoms with Crippen molar-refractivity contribution in [2.45, 2.75) is 26.9 Å². The van der Waals surface area contributed by atoms with Gasteiger partial charge in [-0.2, -0.15) is 0 Å². The number of urea groups is 1. The number of nitrogens with one attached hydrogen (secondary N) is 1. The fourth-order valence-electron chi connectivity index (χ4n) is 4.65. The Labute approximate surface area is 208 Å². The third-order valence-electron chi connectivity index (χ3n) is 6.59. The molecule has 3 N–H and O–H groups in total. The molecular weight excluding hydrogens is 458 g/mol. The van der Waals surface area contributed by atoms with Crippen LogP contribution in [0.25, 0.3) is 21.9 Å². The summed E-state index contributed by atoms with van der Waals surface area (Å²) in [6, 6.07) is 13.5. The van der Waals surface area contributed by atoms with Crippen LogP contribution in [0.3, 0.4) is 0 Å². The first-order chi connectivity index (χ1) is 17.4. The summed E-state index contributed by atoms with van der Waals surface area (Å²) in [6.07, 6.45) is 0. The Balaban J connectivity index is 1.68. The van der Waals surface area contributed by atoms with E-state index in [1.807, 2.05) is 49.4 Å². The Bertz CT molecular complexity index is 1460. The number of fused-ring (bicyclic) bond motifs is 3. The van der Waals surface area contributed by atoms with E-state index in [0.717, 1.165) is 33.7 Å². The van der Waals surface area contributed by atoms with Gasteiger partial charge in [-0.25, -0.2) is 14.8 Å². The number of amides is 3. The molecule has 0 unspecified atom stereocenters. The van der Waals surface area contributed by atoms with Crippen LogP contribution in [0.5, 0.6) is 5.75 Å². The number of aromatic nitrogens is 3. The van der Waals surface area contributed by atoms with Crippen LogP contribution in [0.1, 0.15) is 25.2 Å². The van der Waals surface area contributed by atoms with Crippen molar-refractivity contribution >= 4 is 45.4 Å². The third-order valence-corrected chi connectivity index (χ3v) is 6.59. The molecule has 0 aliphatic carbocycles. The predicted octanol–water partition coefficient (Wildman–Crippen LogP) is 3.12. The molecule has 36 heavy (non-hydrogen) atoms. The average molecular weight is 488 g/mol. The number of nitrogen functional groups attached to an aromatic ring is 1. The smallest absolute Gasteiger partial charge is 0.321 e. The number of pyridine rings is 1. The lowest BCUT2D eigenvalue weighted by Gasteiger charge is -2.20. The van der Waals surface area contributed by atoms with Gasteiger partial charge in [0, 0.05) is 44.2 Å². The van der Waals surface area contributed by atoms with E-state index in [2.05, 4.69) is 14.9 Å². The molecule has 1 fully saturated rings. The molecule has 1 aliphatic rings. The van der Waals surface area contributed by atoms with Crippen molar-refractivity contribution in [2.24, 2.45) is 0 Å². The molecular formula is C26H29N7O3. The van der Waals surface area contributed by atoms with Crippen LogP contribution in [0, 0.1) is 0 Å². The monoisotopic (exact) mass is 487 g/mol. The Morgan fingerprint density at radius 2 is 1.97 bits per heavy atom. The van der Waals surface area contributed by atoms with Crippen LogP contribution in [0.15, 0.2) is 42.5 Å². The fourth-order valence-corrected chi connectivity index (χ4v) is 4.65. The number of nitrogens with two attached hydrogens (primary N) is 1. The zero-order valence-electron chi connectivity index (χ0n) is 20.6. The summed E-state index contributed by atoms with van der Waals surface area (Å²) in [6.45, 7) is 6.15. The van der Waals surface area contributed by atoms with Crippen molar-refractivity contribution in [1.82, 2.24) is 24.8 Å². The van der Waals surface area contributed by atoms with Gasteiger partial charge in [-0.05, 0) is 42.8 Å². The molecule has 0 radical (unpaired) electrons. The average Bonchev–Trinajstić information content (AvgIpc) is 3.46. The number of hydrogen-bond acceptors (Lipinski definition) is 6. The number of carbonyl (C=O) groups is 2. The number of hydrogen-bond donors (Lipinski definition) is 2. The molecule has 0 atom stereocenters. The normalized spacial score (nSPS) is 13.4. The van der Waals surface area contributed by atoms with Crippen LogP contribution in [-0.4, -0.2) is 58.1 Å². The molecule has 10 heteroatoms. The van der Waals surface area contributed by atoms with Gasteiger partial charge >= 0.3 is 6.03 Å². The number of ether oxygens (including phenoxy) is 1. The molecule has 0 bridgehead atoms. The molecule has 10 nitrogen and oxygen atoms in total. The van der Waals surface area contributed by atoms with Crippen molar-refractivity contribution in [2.75, 3.05) is 37.4 Å². The van der Waals surface area contributed by atoms with Crippen molar-refractivity contribution in [1.29, 1.82) is 0 Å². The van der Waals surface area contributed by atoms with E-state index in [1.165, 1.54) is 0 Å². The van der Waals surface area contributed by atoms with Gasteiger partial charge in [0.1, 0.15) is 17.1 Å². The number of benzene rings is 2. The van der Waals surface area contributed by atoms with Crippen LogP contribution >= 0.6 is 0 Å². The first-order valence-corrected chi connectivity index (χ1v) is 11.9. The van der Waals surface area contributed by atoms with Crippen molar-refractivity contribution in [3.05, 3.63) is 53.9 Å². The lowest BCUT2D eigenvalue weighted by Crippen LogP contribution is -2.29. The van der Waals surface area contributed by atoms with E-state index in [-0.39, 0.29) is 11.9 Å². The number of methoxy groups -OCH3 is 1. The number of imidazole rings is 1. The predicted molar refractivity (Wildman–Crippen MR) is 139 cm³/mol. The molecule has 3 heterocycles. The standard InChI is InChI=1S/C26H29N7O3/c1-4-31(16(2)34)15-22-30-23-24(33(22)14-17-5-8-19(36-3)9-6-17)20-10-7-18(13-21(20)29-25(23)27)32-12-11-28-26(32)35/h5-10,13H,4,11-12,14-15H2,1-3H3,(H2,27,29)(H,28,35). The number of carbonyl (C=O) groups excluding carboxylic acids is 2. The Hall–Kier alpha value is -4.34. The van der Waals surface area contributed by atoms with Gasteiger partial charge in [-0.1, -0.05) is 12.1 Å². The first kappa shape index (κ1) is 23.4. The van der Waals surface area contributed by atoms with Crippen LogP contribution in [-0.2, 0) is 17.9 Å². The van der Waals surface area contributed by atoms with E-state index < -0.39 is 0 Å². The lowest BCUT2D eigenvalue weighted by molar-refractivity contribution is -0.129. The molecule has 0 spiro atoms. The number of nitrogens with zero attached hydrogens (tertiary/aromatic N) is 5. The van der Waals surface area contributed by atoms with Crippen molar-refractivity contribution in [3.8, 4) is 5.75 Å². The fraction of sp³-hybridized carbons (Fsp3) is 0.308. The highest BCUT2D eigenvalue weighted by Crippen LogP contribution is 2.32. The quantitative estimate of drug-likeness (QED) is 0.414. The summed E-state index contributed by atoms with van der Waals surface area (Å²) in [4.78, 5) is 37.3. The second kappa shape index (κ2) is 9.37. The van der Waals surface area contributed by atoms with Gasteiger partial charge in [0.25, 0.3) is 0 Å². The van der Waals surface area contributed by atoms with Gasteiger partial charge in [0.2, 0.25) is 5.91 Å². The van der Waals surface area contributed by atoms with E-state index in [0.29, 0.717) is 49.6 Å². The highest BCUT2D eigenvalue weighted by molar-refractivity contribution is 6.08. The van der Waals surface area contributed by atoms with E-state index >= 15 is 0 Å². The molecule has 4 aromatic rings. The molecule has 2 aromatic carbocycles. The summed E-state index contributed by atoms with van der Waals surface area (Å²) < 4.78 is 7.41. The first-order valence-electron chi connectivity index (χ1n) is 11.9. The SMILES string of the molecule is CCN(Cc1nc2c(N)nc3cc(N4CCNC4=O)ccc3c2n1Cc1ccc(OC)cc1)C(C)=O. The Morgan fingerprint density at radius 1 is 1.19 bits per heavy atom. The van der Waals surface area contributed by atoms with Gasteiger partial charge in [-0.3, -0.25) is 9.69 Å². The zero-order chi connectivity index (χ0) is 25.4. The maximum Gasteiger partial charge on any atom is 0.321 e. The summed E-state index contributed by atoms with van der Waals surface area (Å²) in [7, 11) is 1.64. The van der Waals surface area contributed by atoms with E-state index in [9.17, 15) is 9.59 Å². The highest BCUT2D eigenvalue weighted by atomic mass is 16.5. The summed E-state index contributed by atoms with van der Waals surface area (Å²) in [5.41, 5.74) is 10.3. The molecule has 2 aromatic heterocycles. The van der Waals surface area contributed by atoms with Gasteiger partial charge in [0.05, 0.1) is 24.7 Å². The molecule has 1 saturated heterocycles. The zero-order valence-corrected chi connectivity index (χ0v) is 20.6. The second-order valence-corrected chi connectivity index (χ2v) is 8.77. The van der Waals surface area contributed by atoms with Crippen molar-refractivity contribution in [3.63, 3.8) is 0 Å². The van der Waals surface area contributed by atoms with Crippen LogP contribution in [0.2, 0.25) is 0 Å². The molecule has 5 rings (SSSR count). The molecule has 186 valence electrons. The van der Waals surface area contributed by atoms with Gasteiger partial charge in [-0.15, -0.1) is 0 Å². The highest BCUT2D eigenvalue weighted by Gasteiger charge is 2.24. The van der Waals surface area contributed by atoms with Gasteiger partial charge < -0.3 is 25.3 Å². The van der Waals surface area contributed by atoms with E-state index in [1.54, 1.807) is 23.8 Å². The summed E-state index contributed by atoms with van der Waals surface area (Å²) in [5.74, 6) is 1.79. The topological polar surface area (TPSA) is 119 Å². The maximum absolute atomic E-state index is 12.2. The van der Waals surface area contributed by atoms with E-state index in [4.69, 9.17) is 15.5 Å². The van der Waals surface area contributed by atoms with Crippen LogP contribution in [0.4, 0.5) is 16.3 Å². The second-order valence-electron chi connectivity index (χ2n) is 8.77. The molecule has 1 aliphatic heterocycles. The maximum atomic E-state index is 12.2.